The van der Waals surface area contributed by atoms with E-state index < -0.39 is 21.7 Å². The summed E-state index contributed by atoms with van der Waals surface area (Å²) in [7, 11) is -2.02. The molecule has 0 N–H and O–H groups in total. The lowest BCUT2D eigenvalue weighted by Crippen LogP contribution is -2.53. The number of anilines is 1. The Balaban J connectivity index is 1.44. The standard InChI is InChI=1S/C31H39N7O4S/c1-31(2,3)42-30(39)36-13-10-23(11-14-36)19-38(43(40,41)29-7-5-6-12-34-29)26-16-25-15-24(17-32)8-9-28(25)37(20-26)21-27-18-33-22-35(27)4/h5-9,12,15,18,22-23,26H,10-11,13-14,16,19-21H2,1-4H3/i17+2. The zero-order valence-electron chi connectivity index (χ0n) is 25.2. The lowest BCUT2D eigenvalue weighted by Gasteiger charge is -2.42. The quantitative estimate of drug-likeness (QED) is 0.395. The highest BCUT2D eigenvalue weighted by atomic mass is 32.2. The molecule has 0 bridgehead atoms. The van der Waals surface area contributed by atoms with Crippen molar-refractivity contribution in [1.82, 2.24) is 23.7 Å². The van der Waals surface area contributed by atoms with Crippen LogP contribution in [-0.2, 0) is 34.8 Å². The first-order valence-corrected chi connectivity index (χ1v) is 16.0. The van der Waals surface area contributed by atoms with Gasteiger partial charge >= 0.3 is 6.09 Å². The molecule has 2 aromatic heterocycles. The van der Waals surface area contributed by atoms with Crippen molar-refractivity contribution in [3.05, 3.63) is 71.9 Å². The van der Waals surface area contributed by atoms with Gasteiger partial charge in [0.15, 0.2) is 5.03 Å². The summed E-state index contributed by atoms with van der Waals surface area (Å²) >= 11 is 0. The Bertz CT molecular complexity index is 1590. The van der Waals surface area contributed by atoms with Crippen LogP contribution in [-0.4, -0.2) is 76.1 Å². The smallest absolute Gasteiger partial charge is 0.410 e. The van der Waals surface area contributed by atoms with Crippen molar-refractivity contribution in [2.24, 2.45) is 13.0 Å². The second kappa shape index (κ2) is 12.3. The van der Waals surface area contributed by atoms with Crippen LogP contribution < -0.4 is 4.90 Å². The van der Waals surface area contributed by atoms with Crippen LogP contribution in [0.15, 0.2) is 60.1 Å². The zero-order valence-corrected chi connectivity index (χ0v) is 26.0. The minimum Gasteiger partial charge on any atom is -0.444 e. The first-order valence-electron chi connectivity index (χ1n) is 14.6. The van der Waals surface area contributed by atoms with E-state index in [0.29, 0.717) is 57.5 Å². The molecule has 1 saturated heterocycles. The number of aromatic nitrogens is 3. The minimum atomic E-state index is -3.96. The lowest BCUT2D eigenvalue weighted by molar-refractivity contribution is 0.0174. The van der Waals surface area contributed by atoms with Crippen LogP contribution in [0.4, 0.5) is 10.5 Å². The molecule has 1 atom stereocenters. The number of rotatable bonds is 7. The van der Waals surface area contributed by atoms with Gasteiger partial charge in [0.1, 0.15) is 5.60 Å². The van der Waals surface area contributed by atoms with Crippen molar-refractivity contribution < 1.29 is 17.9 Å². The van der Waals surface area contributed by atoms with Crippen molar-refractivity contribution >= 4 is 21.8 Å². The molecule has 1 aromatic carbocycles. The third-order valence-electron chi connectivity index (χ3n) is 8.03. The maximum Gasteiger partial charge on any atom is 0.410 e. The van der Waals surface area contributed by atoms with Gasteiger partial charge in [-0.2, -0.15) is 9.57 Å². The number of fused-ring (bicyclic) bond motifs is 1. The molecule has 0 spiro atoms. The molecule has 12 heteroatoms. The molecule has 2 aliphatic rings. The molecule has 3 aromatic rings. The molecule has 0 saturated carbocycles. The molecule has 1 amide bonds. The van der Waals surface area contributed by atoms with Gasteiger partial charge in [-0.05, 0) is 81.8 Å². The largest absolute Gasteiger partial charge is 0.444 e. The number of piperidine rings is 1. The number of hydrogen-bond acceptors (Lipinski definition) is 8. The van der Waals surface area contributed by atoms with Crippen LogP contribution in [0.2, 0.25) is 0 Å². The van der Waals surface area contributed by atoms with E-state index in [1.54, 1.807) is 33.7 Å². The van der Waals surface area contributed by atoms with Gasteiger partial charge in [-0.3, -0.25) is 0 Å². The first-order chi connectivity index (χ1) is 20.4. The summed E-state index contributed by atoms with van der Waals surface area (Å²) in [6, 6.07) is 12.4. The van der Waals surface area contributed by atoms with Gasteiger partial charge in [0, 0.05) is 57.3 Å². The van der Waals surface area contributed by atoms with Crippen LogP contribution >= 0.6 is 0 Å². The highest BCUT2D eigenvalue weighted by molar-refractivity contribution is 7.89. The Hall–Kier alpha value is -3.95. The molecule has 43 heavy (non-hydrogen) atoms. The van der Waals surface area contributed by atoms with Gasteiger partial charge in [0.25, 0.3) is 10.0 Å². The van der Waals surface area contributed by atoms with E-state index in [9.17, 15) is 18.5 Å². The van der Waals surface area contributed by atoms with Crippen LogP contribution in [0, 0.1) is 17.2 Å². The van der Waals surface area contributed by atoms with Gasteiger partial charge in [0.05, 0.1) is 30.2 Å². The van der Waals surface area contributed by atoms with Gasteiger partial charge in [-0.25, -0.2) is 23.2 Å². The summed E-state index contributed by atoms with van der Waals surface area (Å²) in [4.78, 5) is 25.0. The van der Waals surface area contributed by atoms with Crippen molar-refractivity contribution in [2.45, 2.75) is 63.2 Å². The molecule has 0 aliphatic carbocycles. The number of hydrogen-bond donors (Lipinski definition) is 0. The monoisotopic (exact) mass is 607 g/mol. The summed E-state index contributed by atoms with van der Waals surface area (Å²) in [6.07, 6.45) is 6.50. The Labute approximate surface area is 253 Å². The fourth-order valence-corrected chi connectivity index (χ4v) is 7.44. The van der Waals surface area contributed by atoms with Crippen LogP contribution in [0.1, 0.15) is 50.4 Å². The summed E-state index contributed by atoms with van der Waals surface area (Å²) < 4.78 is 37.6. The third-order valence-corrected chi connectivity index (χ3v) is 9.86. The minimum absolute atomic E-state index is 0.0101. The van der Waals surface area contributed by atoms with Crippen LogP contribution in [0.5, 0.6) is 0 Å². The number of amides is 1. The fraction of sp³-hybridized carbons (Fsp3) is 0.484. The topological polar surface area (TPSA) is 125 Å². The number of nitriles is 1. The molecule has 11 nitrogen and oxygen atoms in total. The van der Waals surface area contributed by atoms with Gasteiger partial charge in [-0.15, -0.1) is 0 Å². The predicted octanol–water partition coefficient (Wildman–Crippen LogP) is 3.96. The van der Waals surface area contributed by atoms with Gasteiger partial charge < -0.3 is 19.1 Å². The highest BCUT2D eigenvalue weighted by Crippen LogP contribution is 2.34. The van der Waals surface area contributed by atoms with Crippen molar-refractivity contribution in [3.63, 3.8) is 0 Å². The van der Waals surface area contributed by atoms with Gasteiger partial charge in [0.2, 0.25) is 0 Å². The summed E-state index contributed by atoms with van der Waals surface area (Å²) in [5.74, 6) is 0.0505. The number of likely N-dealkylation sites (tertiary alicyclic amines) is 1. The van der Waals surface area contributed by atoms with E-state index >= 15 is 0 Å². The molecule has 1 unspecified atom stereocenters. The molecular weight excluding hydrogens is 568 g/mol. The SMILES string of the molecule is Cn1cncc1CN1CC(N(CC2CCN(C(=O)OC(C)(C)C)CC2)S(=O)(=O)c2ccccn2)Cc2cc([14C]#N)ccc21. The number of carbonyl (C=O) groups is 1. The van der Waals surface area contributed by atoms with E-state index in [1.165, 1.54) is 12.3 Å². The fourth-order valence-electron chi connectivity index (χ4n) is 5.82. The average molecular weight is 608 g/mol. The number of nitrogens with zero attached hydrogens (tertiary/aromatic N) is 7. The van der Waals surface area contributed by atoms with E-state index in [4.69, 9.17) is 4.74 Å². The first kappa shape index (κ1) is 30.5. The summed E-state index contributed by atoms with van der Waals surface area (Å²) in [5.41, 5.74) is 2.86. The predicted molar refractivity (Wildman–Crippen MR) is 162 cm³/mol. The molecule has 5 rings (SSSR count). The van der Waals surface area contributed by atoms with Gasteiger partial charge in [-0.1, -0.05) is 6.07 Å². The molecular formula is C31H39N7O4S. The number of ether oxygens (including phenoxy) is 1. The Morgan fingerprint density at radius 2 is 1.95 bits per heavy atom. The normalized spacial score (nSPS) is 17.9. The Morgan fingerprint density at radius 1 is 1.19 bits per heavy atom. The van der Waals surface area contributed by atoms with E-state index in [0.717, 1.165) is 16.9 Å². The number of pyridine rings is 1. The second-order valence-corrected chi connectivity index (χ2v) is 14.2. The van der Waals surface area contributed by atoms with Crippen LogP contribution in [0.3, 0.4) is 0 Å². The highest BCUT2D eigenvalue weighted by Gasteiger charge is 2.39. The maximum atomic E-state index is 14.2. The van der Waals surface area contributed by atoms with Crippen LogP contribution in [0.25, 0.3) is 0 Å². The summed E-state index contributed by atoms with van der Waals surface area (Å²) in [5, 5.41) is 9.62. The van der Waals surface area contributed by atoms with Crippen molar-refractivity contribution in [3.8, 4) is 6.07 Å². The number of imidazole rings is 1. The molecule has 1 fully saturated rings. The number of aryl methyl sites for hydroxylation is 1. The van der Waals surface area contributed by atoms with Crippen molar-refractivity contribution in [2.75, 3.05) is 31.1 Å². The maximum absolute atomic E-state index is 14.2. The lowest BCUT2D eigenvalue weighted by atomic mass is 9.94. The molecule has 2 aliphatic heterocycles. The van der Waals surface area contributed by atoms with Crippen molar-refractivity contribution in [1.29, 1.82) is 5.26 Å². The number of sulfonamides is 1. The number of carbonyl (C=O) groups excluding carboxylic acids is 1. The summed E-state index contributed by atoms with van der Waals surface area (Å²) in [6.45, 7) is 7.85. The third kappa shape index (κ3) is 7.00. The van der Waals surface area contributed by atoms with E-state index in [-0.39, 0.29) is 17.0 Å². The average Bonchev–Trinajstić information content (AvgIpc) is 3.39. The second-order valence-electron chi connectivity index (χ2n) is 12.3. The Morgan fingerprint density at radius 3 is 2.58 bits per heavy atom. The molecule has 4 heterocycles. The van der Waals surface area contributed by atoms with E-state index in [1.807, 2.05) is 50.7 Å². The molecule has 228 valence electrons. The molecule has 0 radical (unpaired) electrons. The zero-order chi connectivity index (χ0) is 30.8. The van der Waals surface area contributed by atoms with E-state index in [2.05, 4.69) is 20.9 Å². The number of benzene rings is 1. The Kier molecular flexibility index (Phi) is 8.76.